The number of nitrogens with zero attached hydrogens (tertiary/aromatic N) is 1. The SMILES string of the molecule is O=C(O)C(CCCCCc1ccc(Cl)cc1)Sc1ccncc1. The van der Waals surface area contributed by atoms with Gasteiger partial charge in [-0.05, 0) is 49.1 Å². The van der Waals surface area contributed by atoms with Gasteiger partial charge in [-0.3, -0.25) is 9.78 Å². The standard InChI is InChI=1S/C18H20ClNO2S/c19-15-8-6-14(7-9-15)4-2-1-3-5-17(18(21)22)23-16-10-12-20-13-11-16/h6-13,17H,1-5H2,(H,21,22). The summed E-state index contributed by atoms with van der Waals surface area (Å²) in [5, 5.41) is 9.71. The number of aromatic nitrogens is 1. The molecule has 1 aromatic heterocycles. The van der Waals surface area contributed by atoms with Crippen LogP contribution in [-0.4, -0.2) is 21.3 Å². The van der Waals surface area contributed by atoms with Gasteiger partial charge in [0, 0.05) is 22.3 Å². The summed E-state index contributed by atoms with van der Waals surface area (Å²) >= 11 is 7.26. The third-order valence-electron chi connectivity index (χ3n) is 3.55. The van der Waals surface area contributed by atoms with Crippen molar-refractivity contribution < 1.29 is 9.90 Å². The molecule has 0 fully saturated rings. The van der Waals surface area contributed by atoms with Crippen LogP contribution in [0.25, 0.3) is 0 Å². The van der Waals surface area contributed by atoms with Gasteiger partial charge in [0.25, 0.3) is 0 Å². The zero-order chi connectivity index (χ0) is 16.5. The van der Waals surface area contributed by atoms with Crippen LogP contribution in [0.4, 0.5) is 0 Å². The van der Waals surface area contributed by atoms with Crippen LogP contribution >= 0.6 is 23.4 Å². The molecular weight excluding hydrogens is 330 g/mol. The van der Waals surface area contributed by atoms with E-state index >= 15 is 0 Å². The average molecular weight is 350 g/mol. The summed E-state index contributed by atoms with van der Waals surface area (Å²) in [6.45, 7) is 0. The lowest BCUT2D eigenvalue weighted by Crippen LogP contribution is -2.16. The molecule has 2 aromatic rings. The van der Waals surface area contributed by atoms with E-state index in [0.717, 1.165) is 35.6 Å². The zero-order valence-electron chi connectivity index (χ0n) is 12.8. The van der Waals surface area contributed by atoms with Gasteiger partial charge in [0.15, 0.2) is 0 Å². The molecule has 1 N–H and O–H groups in total. The fourth-order valence-corrected chi connectivity index (χ4v) is 3.42. The number of rotatable bonds is 9. The molecule has 2 rings (SSSR count). The molecule has 0 radical (unpaired) electrons. The summed E-state index contributed by atoms with van der Waals surface area (Å²) in [4.78, 5) is 16.3. The van der Waals surface area contributed by atoms with E-state index in [9.17, 15) is 9.90 Å². The predicted molar refractivity (Wildman–Crippen MR) is 95.1 cm³/mol. The quantitative estimate of drug-likeness (QED) is 0.506. The highest BCUT2D eigenvalue weighted by atomic mass is 35.5. The lowest BCUT2D eigenvalue weighted by atomic mass is 10.1. The second-order valence-electron chi connectivity index (χ2n) is 5.35. The van der Waals surface area contributed by atoms with Crippen LogP contribution in [0.1, 0.15) is 31.2 Å². The molecule has 0 aliphatic carbocycles. The molecule has 0 bridgehead atoms. The first-order chi connectivity index (χ1) is 11.1. The summed E-state index contributed by atoms with van der Waals surface area (Å²) < 4.78 is 0. The van der Waals surface area contributed by atoms with Crippen LogP contribution < -0.4 is 0 Å². The van der Waals surface area contributed by atoms with E-state index in [1.165, 1.54) is 17.3 Å². The first-order valence-electron chi connectivity index (χ1n) is 7.69. The number of aryl methyl sites for hydroxylation is 1. The summed E-state index contributed by atoms with van der Waals surface area (Å²) in [6, 6.07) is 11.6. The van der Waals surface area contributed by atoms with Crippen LogP contribution in [0, 0.1) is 0 Å². The number of hydrogen-bond acceptors (Lipinski definition) is 3. The van der Waals surface area contributed by atoms with Gasteiger partial charge in [0.05, 0.1) is 0 Å². The lowest BCUT2D eigenvalue weighted by Gasteiger charge is -2.11. The highest BCUT2D eigenvalue weighted by molar-refractivity contribution is 8.00. The molecule has 1 heterocycles. The van der Waals surface area contributed by atoms with E-state index < -0.39 is 11.2 Å². The minimum absolute atomic E-state index is 0.395. The van der Waals surface area contributed by atoms with Gasteiger partial charge in [-0.25, -0.2) is 0 Å². The minimum Gasteiger partial charge on any atom is -0.480 e. The number of hydrogen-bond donors (Lipinski definition) is 1. The Morgan fingerprint density at radius 1 is 1.09 bits per heavy atom. The Hall–Kier alpha value is -1.52. The van der Waals surface area contributed by atoms with Crippen molar-refractivity contribution in [1.29, 1.82) is 0 Å². The van der Waals surface area contributed by atoms with Crippen molar-refractivity contribution in [2.45, 2.75) is 42.2 Å². The maximum Gasteiger partial charge on any atom is 0.316 e. The molecule has 0 aliphatic heterocycles. The van der Waals surface area contributed by atoms with Crippen molar-refractivity contribution in [2.24, 2.45) is 0 Å². The van der Waals surface area contributed by atoms with Gasteiger partial charge in [0.2, 0.25) is 0 Å². The molecule has 5 heteroatoms. The van der Waals surface area contributed by atoms with E-state index in [1.807, 2.05) is 36.4 Å². The molecule has 0 spiro atoms. The van der Waals surface area contributed by atoms with E-state index in [1.54, 1.807) is 12.4 Å². The number of pyridine rings is 1. The van der Waals surface area contributed by atoms with E-state index in [4.69, 9.17) is 11.6 Å². The number of benzene rings is 1. The Morgan fingerprint density at radius 3 is 2.43 bits per heavy atom. The molecule has 1 unspecified atom stereocenters. The predicted octanol–water partition coefficient (Wildman–Crippen LogP) is 5.08. The topological polar surface area (TPSA) is 50.2 Å². The highest BCUT2D eigenvalue weighted by Crippen LogP contribution is 2.26. The van der Waals surface area contributed by atoms with E-state index in [-0.39, 0.29) is 0 Å². The number of thioether (sulfide) groups is 1. The van der Waals surface area contributed by atoms with E-state index in [0.29, 0.717) is 6.42 Å². The van der Waals surface area contributed by atoms with Crippen molar-refractivity contribution in [3.05, 3.63) is 59.4 Å². The first kappa shape index (κ1) is 17.8. The Balaban J connectivity index is 1.70. The summed E-state index contributed by atoms with van der Waals surface area (Å²) in [5.41, 5.74) is 1.27. The lowest BCUT2D eigenvalue weighted by molar-refractivity contribution is -0.136. The normalized spacial score (nSPS) is 12.0. The van der Waals surface area contributed by atoms with Crippen LogP contribution in [-0.2, 0) is 11.2 Å². The van der Waals surface area contributed by atoms with E-state index in [2.05, 4.69) is 4.98 Å². The molecule has 0 saturated heterocycles. The Morgan fingerprint density at radius 2 is 1.78 bits per heavy atom. The van der Waals surface area contributed by atoms with Crippen molar-refractivity contribution in [3.8, 4) is 0 Å². The number of unbranched alkanes of at least 4 members (excludes halogenated alkanes) is 2. The molecule has 1 atom stereocenters. The second-order valence-corrected chi connectivity index (χ2v) is 7.07. The molecule has 122 valence electrons. The summed E-state index contributed by atoms with van der Waals surface area (Å²) in [5.74, 6) is -0.746. The first-order valence-corrected chi connectivity index (χ1v) is 8.95. The minimum atomic E-state index is -0.746. The maximum absolute atomic E-state index is 11.4. The molecule has 1 aromatic carbocycles. The smallest absolute Gasteiger partial charge is 0.316 e. The van der Waals surface area contributed by atoms with Gasteiger partial charge in [0.1, 0.15) is 5.25 Å². The van der Waals surface area contributed by atoms with Crippen LogP contribution in [0.2, 0.25) is 5.02 Å². The van der Waals surface area contributed by atoms with Gasteiger partial charge in [-0.2, -0.15) is 0 Å². The molecule has 0 amide bonds. The molecule has 3 nitrogen and oxygen atoms in total. The Labute approximate surface area is 146 Å². The van der Waals surface area contributed by atoms with Crippen molar-refractivity contribution >= 4 is 29.3 Å². The van der Waals surface area contributed by atoms with Gasteiger partial charge in [-0.15, -0.1) is 11.8 Å². The number of halogens is 1. The Kier molecular flexibility index (Phi) is 7.43. The summed E-state index contributed by atoms with van der Waals surface area (Å²) in [7, 11) is 0. The van der Waals surface area contributed by atoms with Crippen LogP contribution in [0.5, 0.6) is 0 Å². The third-order valence-corrected chi connectivity index (χ3v) is 5.07. The molecule has 0 aliphatic rings. The van der Waals surface area contributed by atoms with Gasteiger partial charge >= 0.3 is 5.97 Å². The Bertz CT molecular complexity index is 604. The highest BCUT2D eigenvalue weighted by Gasteiger charge is 2.18. The van der Waals surface area contributed by atoms with Crippen molar-refractivity contribution in [1.82, 2.24) is 4.98 Å². The number of carboxylic acid groups (broad SMARTS) is 1. The van der Waals surface area contributed by atoms with Gasteiger partial charge in [-0.1, -0.05) is 36.6 Å². The van der Waals surface area contributed by atoms with Crippen LogP contribution in [0.15, 0.2) is 53.7 Å². The van der Waals surface area contributed by atoms with Crippen molar-refractivity contribution in [3.63, 3.8) is 0 Å². The number of carbonyl (C=O) groups is 1. The fraction of sp³-hybridized carbons (Fsp3) is 0.333. The largest absolute Gasteiger partial charge is 0.480 e. The van der Waals surface area contributed by atoms with Crippen molar-refractivity contribution in [2.75, 3.05) is 0 Å². The third kappa shape index (κ3) is 6.63. The molecular formula is C18H20ClNO2S. The van der Waals surface area contributed by atoms with Crippen LogP contribution in [0.3, 0.4) is 0 Å². The second kappa shape index (κ2) is 9.58. The monoisotopic (exact) mass is 349 g/mol. The van der Waals surface area contributed by atoms with Gasteiger partial charge < -0.3 is 5.11 Å². The average Bonchev–Trinajstić information content (AvgIpc) is 2.56. The number of aliphatic carboxylic acids is 1. The molecule has 0 saturated carbocycles. The fourth-order valence-electron chi connectivity index (χ4n) is 2.30. The maximum atomic E-state index is 11.4. The number of carboxylic acids is 1. The zero-order valence-corrected chi connectivity index (χ0v) is 14.4. The molecule has 23 heavy (non-hydrogen) atoms. The summed E-state index contributed by atoms with van der Waals surface area (Å²) in [6.07, 6.45) is 8.08.